The first-order valence-corrected chi connectivity index (χ1v) is 9.36. The van der Waals surface area contributed by atoms with Crippen molar-refractivity contribution in [2.75, 3.05) is 27.7 Å². The number of nitrogens with zero attached hydrogens (tertiary/aromatic N) is 1. The van der Waals surface area contributed by atoms with E-state index >= 15 is 0 Å². The van der Waals surface area contributed by atoms with Crippen LogP contribution in [0.25, 0.3) is 0 Å². The van der Waals surface area contributed by atoms with E-state index in [-0.39, 0.29) is 58.9 Å². The Balaban J connectivity index is -0.000000602. The van der Waals surface area contributed by atoms with Crippen LogP contribution in [0.15, 0.2) is 0 Å². The molecule has 1 nitrogen and oxygen atoms in total. The SMILES string of the molecule is CCCCCCCCCCCCCCCC[N+](C)(C)C.Cl.[Br-].[NaH]. The Hall–Kier alpha value is 1.73. The first-order valence-electron chi connectivity index (χ1n) is 9.36. The minimum absolute atomic E-state index is 0. The molecule has 0 aliphatic rings. The average molecular weight is 425 g/mol. The van der Waals surface area contributed by atoms with Gasteiger partial charge in [0.05, 0.1) is 27.7 Å². The van der Waals surface area contributed by atoms with Gasteiger partial charge in [0.15, 0.2) is 0 Å². The normalized spacial score (nSPS) is 10.4. The molecule has 4 heteroatoms. The molecule has 0 heterocycles. The van der Waals surface area contributed by atoms with Crippen molar-refractivity contribution in [3.05, 3.63) is 0 Å². The summed E-state index contributed by atoms with van der Waals surface area (Å²) in [6.07, 6.45) is 20.4. The molecule has 0 aliphatic heterocycles. The van der Waals surface area contributed by atoms with Crippen molar-refractivity contribution < 1.29 is 21.5 Å². The van der Waals surface area contributed by atoms with Crippen molar-refractivity contribution in [3.63, 3.8) is 0 Å². The molecule has 0 aromatic carbocycles. The number of halogens is 2. The topological polar surface area (TPSA) is 0 Å². The van der Waals surface area contributed by atoms with E-state index in [4.69, 9.17) is 0 Å². The number of rotatable bonds is 15. The van der Waals surface area contributed by atoms with E-state index in [1.54, 1.807) is 0 Å². The molecule has 0 aromatic heterocycles. The molecular formula is C19H44BrClNNa. The molecule has 0 bridgehead atoms. The van der Waals surface area contributed by atoms with Gasteiger partial charge in [0, 0.05) is 0 Å². The number of hydrogen-bond acceptors (Lipinski definition) is 0. The van der Waals surface area contributed by atoms with Crippen molar-refractivity contribution >= 4 is 42.0 Å². The fourth-order valence-electron chi connectivity index (χ4n) is 2.78. The Labute approximate surface area is 186 Å². The van der Waals surface area contributed by atoms with E-state index in [2.05, 4.69) is 28.1 Å². The van der Waals surface area contributed by atoms with Crippen molar-refractivity contribution in [1.82, 2.24) is 0 Å². The van der Waals surface area contributed by atoms with Gasteiger partial charge in [-0.1, -0.05) is 84.0 Å². The van der Waals surface area contributed by atoms with Crippen molar-refractivity contribution in [3.8, 4) is 0 Å². The second-order valence-corrected chi connectivity index (χ2v) is 7.61. The van der Waals surface area contributed by atoms with Crippen molar-refractivity contribution in [1.29, 1.82) is 0 Å². The zero-order valence-corrected chi connectivity index (χ0v) is 18.2. The van der Waals surface area contributed by atoms with Gasteiger partial charge >= 0.3 is 29.6 Å². The summed E-state index contributed by atoms with van der Waals surface area (Å²) in [4.78, 5) is 0. The summed E-state index contributed by atoms with van der Waals surface area (Å²) >= 11 is 0. The van der Waals surface area contributed by atoms with Gasteiger partial charge in [-0.15, -0.1) is 12.4 Å². The average Bonchev–Trinajstić information content (AvgIpc) is 2.38. The van der Waals surface area contributed by atoms with E-state index in [1.165, 1.54) is 96.4 Å². The Kier molecular flexibility index (Phi) is 33.4. The Morgan fingerprint density at radius 1 is 0.522 bits per heavy atom. The number of hydrogen-bond donors (Lipinski definition) is 0. The van der Waals surface area contributed by atoms with E-state index in [1.807, 2.05) is 0 Å². The van der Waals surface area contributed by atoms with Gasteiger partial charge in [0.1, 0.15) is 0 Å². The molecule has 0 aromatic rings. The Morgan fingerprint density at radius 3 is 1.04 bits per heavy atom. The third kappa shape index (κ3) is 31.9. The molecule has 0 aliphatic carbocycles. The summed E-state index contributed by atoms with van der Waals surface area (Å²) in [6, 6.07) is 0. The van der Waals surface area contributed by atoms with Gasteiger partial charge in [0.25, 0.3) is 0 Å². The summed E-state index contributed by atoms with van der Waals surface area (Å²) in [6.45, 7) is 3.63. The molecule has 140 valence electrons. The third-order valence-corrected chi connectivity index (χ3v) is 4.18. The molecular weight excluding hydrogens is 381 g/mol. The predicted molar refractivity (Wildman–Crippen MR) is 108 cm³/mol. The maximum atomic E-state index is 2.29. The van der Waals surface area contributed by atoms with E-state index in [9.17, 15) is 0 Å². The van der Waals surface area contributed by atoms with Crippen LogP contribution in [0.4, 0.5) is 0 Å². The summed E-state index contributed by atoms with van der Waals surface area (Å²) < 4.78 is 1.12. The van der Waals surface area contributed by atoms with Gasteiger partial charge in [-0.2, -0.15) is 0 Å². The molecule has 0 radical (unpaired) electrons. The molecule has 0 atom stereocenters. The second-order valence-electron chi connectivity index (χ2n) is 7.61. The summed E-state index contributed by atoms with van der Waals surface area (Å²) in [7, 11) is 6.88. The molecule has 0 saturated heterocycles. The fourth-order valence-corrected chi connectivity index (χ4v) is 2.78. The zero-order chi connectivity index (χ0) is 15.1. The predicted octanol–water partition coefficient (Wildman–Crippen LogP) is 2.95. The third-order valence-electron chi connectivity index (χ3n) is 4.18. The van der Waals surface area contributed by atoms with E-state index in [0.29, 0.717) is 0 Å². The first-order chi connectivity index (χ1) is 9.56. The minimum atomic E-state index is 0. The quantitative estimate of drug-likeness (QED) is 0.215. The van der Waals surface area contributed by atoms with Crippen LogP contribution in [0.1, 0.15) is 96.8 Å². The Morgan fingerprint density at radius 2 is 0.783 bits per heavy atom. The van der Waals surface area contributed by atoms with Crippen LogP contribution in [-0.4, -0.2) is 61.7 Å². The second kappa shape index (κ2) is 23.7. The van der Waals surface area contributed by atoms with Crippen LogP contribution in [0.5, 0.6) is 0 Å². The van der Waals surface area contributed by atoms with Crippen molar-refractivity contribution in [2.45, 2.75) is 96.8 Å². The molecule has 23 heavy (non-hydrogen) atoms. The van der Waals surface area contributed by atoms with Crippen LogP contribution >= 0.6 is 12.4 Å². The monoisotopic (exact) mass is 423 g/mol. The number of quaternary nitrogens is 1. The van der Waals surface area contributed by atoms with Crippen molar-refractivity contribution in [2.24, 2.45) is 0 Å². The standard InChI is InChI=1S/C19H42N.BrH.ClH.Na.H/c1-5-6-7-8-9-10-11-12-13-14-15-16-17-18-19-20(2,3)4;;;;/h5-19H2,1-4H3;2*1H;;/q+1;;;;/p-1. The van der Waals surface area contributed by atoms with Gasteiger partial charge < -0.3 is 21.5 Å². The molecule has 0 fully saturated rings. The van der Waals surface area contributed by atoms with Gasteiger partial charge in [0.2, 0.25) is 0 Å². The first kappa shape index (κ1) is 32.4. The maximum absolute atomic E-state index is 2.29. The fraction of sp³-hybridized carbons (Fsp3) is 1.00. The van der Waals surface area contributed by atoms with Crippen LogP contribution < -0.4 is 17.0 Å². The van der Waals surface area contributed by atoms with Crippen LogP contribution in [-0.2, 0) is 0 Å². The van der Waals surface area contributed by atoms with Gasteiger partial charge in [-0.05, 0) is 12.8 Å². The van der Waals surface area contributed by atoms with E-state index in [0.717, 1.165) is 4.48 Å². The Bertz CT molecular complexity index is 198. The molecule has 0 amide bonds. The molecule has 0 rings (SSSR count). The number of unbranched alkanes of at least 4 members (excludes halogenated alkanes) is 13. The zero-order valence-electron chi connectivity index (χ0n) is 15.8. The van der Waals surface area contributed by atoms with Gasteiger partial charge in [-0.25, -0.2) is 0 Å². The molecule has 0 saturated carbocycles. The van der Waals surface area contributed by atoms with E-state index < -0.39 is 0 Å². The summed E-state index contributed by atoms with van der Waals surface area (Å²) in [5.41, 5.74) is 0. The van der Waals surface area contributed by atoms with Gasteiger partial charge in [-0.3, -0.25) is 0 Å². The summed E-state index contributed by atoms with van der Waals surface area (Å²) in [5.74, 6) is 0. The summed E-state index contributed by atoms with van der Waals surface area (Å²) in [5, 5.41) is 0. The molecule has 0 N–H and O–H groups in total. The molecule has 0 unspecified atom stereocenters. The van der Waals surface area contributed by atoms with Crippen LogP contribution in [0.2, 0.25) is 0 Å². The van der Waals surface area contributed by atoms with Crippen LogP contribution in [0.3, 0.4) is 0 Å². The molecule has 0 spiro atoms. The van der Waals surface area contributed by atoms with Crippen LogP contribution in [0, 0.1) is 0 Å².